The second-order valence-electron chi connectivity index (χ2n) is 3.23. The Morgan fingerprint density at radius 3 is 2.85 bits per heavy atom. The van der Waals surface area contributed by atoms with Gasteiger partial charge in [0.25, 0.3) is 0 Å². The number of benzene rings is 1. The zero-order chi connectivity index (χ0) is 9.68. The predicted molar refractivity (Wildman–Crippen MR) is 60.2 cm³/mol. The average molecular weight is 195 g/mol. The molecule has 1 rings (SSSR count). The van der Waals surface area contributed by atoms with E-state index in [1.54, 1.807) is 0 Å². The van der Waals surface area contributed by atoms with E-state index in [2.05, 4.69) is 44.2 Å². The second-order valence-corrected chi connectivity index (χ2v) is 3.61. The summed E-state index contributed by atoms with van der Waals surface area (Å²) in [6.45, 7) is 4.24. The third-order valence-corrected chi connectivity index (χ3v) is 2.25. The molecule has 70 valence electrons. The fourth-order valence-electron chi connectivity index (χ4n) is 1.28. The monoisotopic (exact) mass is 194 g/mol. The zero-order valence-corrected chi connectivity index (χ0v) is 8.93. The van der Waals surface area contributed by atoms with Gasteiger partial charge in [0, 0.05) is 5.88 Å². The van der Waals surface area contributed by atoms with E-state index in [0.717, 1.165) is 6.42 Å². The van der Waals surface area contributed by atoms with Crippen LogP contribution in [0.15, 0.2) is 30.3 Å². The number of alkyl halides is 1. The molecule has 1 aromatic carbocycles. The van der Waals surface area contributed by atoms with Gasteiger partial charge >= 0.3 is 0 Å². The predicted octanol–water partition coefficient (Wildman–Crippen LogP) is 4.03. The van der Waals surface area contributed by atoms with Crippen LogP contribution in [-0.2, 0) is 0 Å². The number of rotatable bonds is 3. The largest absolute Gasteiger partial charge is 0.126 e. The minimum Gasteiger partial charge on any atom is -0.126 e. The number of hydrogen-bond donors (Lipinski definition) is 0. The Hall–Kier alpha value is -0.750. The molecule has 0 N–H and O–H groups in total. The van der Waals surface area contributed by atoms with Gasteiger partial charge < -0.3 is 0 Å². The SMILES string of the molecule is C/C(=C/CCCl)c1cccc(C)c1. The maximum Gasteiger partial charge on any atom is 0.0258 e. The van der Waals surface area contributed by atoms with E-state index in [9.17, 15) is 0 Å². The van der Waals surface area contributed by atoms with E-state index in [-0.39, 0.29) is 0 Å². The van der Waals surface area contributed by atoms with E-state index in [1.165, 1.54) is 16.7 Å². The van der Waals surface area contributed by atoms with Crippen LogP contribution in [0.3, 0.4) is 0 Å². The summed E-state index contributed by atoms with van der Waals surface area (Å²) < 4.78 is 0. The molecule has 0 aliphatic carbocycles. The molecule has 0 aliphatic rings. The molecule has 0 bridgehead atoms. The number of hydrogen-bond acceptors (Lipinski definition) is 0. The van der Waals surface area contributed by atoms with Crippen molar-refractivity contribution in [2.45, 2.75) is 20.3 Å². The first-order chi connectivity index (χ1) is 6.24. The maximum atomic E-state index is 5.62. The Morgan fingerprint density at radius 1 is 1.46 bits per heavy atom. The maximum absolute atomic E-state index is 5.62. The molecule has 0 aliphatic heterocycles. The van der Waals surface area contributed by atoms with E-state index < -0.39 is 0 Å². The fraction of sp³-hybridized carbons (Fsp3) is 0.333. The summed E-state index contributed by atoms with van der Waals surface area (Å²) in [5, 5.41) is 0. The van der Waals surface area contributed by atoms with Crippen molar-refractivity contribution < 1.29 is 0 Å². The van der Waals surface area contributed by atoms with Crippen LogP contribution in [-0.4, -0.2) is 5.88 Å². The minimum atomic E-state index is 0.698. The first-order valence-corrected chi connectivity index (χ1v) is 5.07. The van der Waals surface area contributed by atoms with Crippen LogP contribution in [0.25, 0.3) is 5.57 Å². The van der Waals surface area contributed by atoms with E-state index in [1.807, 2.05) is 0 Å². The normalized spacial score (nSPS) is 11.8. The van der Waals surface area contributed by atoms with Crippen LogP contribution in [0.5, 0.6) is 0 Å². The molecule has 0 saturated heterocycles. The lowest BCUT2D eigenvalue weighted by molar-refractivity contribution is 1.23. The lowest BCUT2D eigenvalue weighted by Crippen LogP contribution is -1.81. The van der Waals surface area contributed by atoms with Crippen LogP contribution in [0.2, 0.25) is 0 Å². The van der Waals surface area contributed by atoms with Gasteiger partial charge in [0.05, 0.1) is 0 Å². The van der Waals surface area contributed by atoms with Gasteiger partial charge in [-0.2, -0.15) is 0 Å². The number of allylic oxidation sites excluding steroid dienone is 2. The lowest BCUT2D eigenvalue weighted by Gasteiger charge is -2.02. The van der Waals surface area contributed by atoms with Crippen LogP contribution in [0.4, 0.5) is 0 Å². The standard InChI is InChI=1S/C12H15Cl/c1-10-5-3-7-12(9-10)11(2)6-4-8-13/h3,5-7,9H,4,8H2,1-2H3/b11-6-. The molecule has 0 radical (unpaired) electrons. The highest BCUT2D eigenvalue weighted by atomic mass is 35.5. The van der Waals surface area contributed by atoms with Gasteiger partial charge in [-0.1, -0.05) is 35.9 Å². The minimum absolute atomic E-state index is 0.698. The van der Waals surface area contributed by atoms with Crippen molar-refractivity contribution >= 4 is 17.2 Å². The Labute approximate surface area is 85.2 Å². The van der Waals surface area contributed by atoms with Crippen molar-refractivity contribution in [1.82, 2.24) is 0 Å². The highest BCUT2D eigenvalue weighted by molar-refractivity contribution is 6.17. The van der Waals surface area contributed by atoms with E-state index >= 15 is 0 Å². The number of aryl methyl sites for hydroxylation is 1. The summed E-state index contributed by atoms with van der Waals surface area (Å²) in [6, 6.07) is 8.52. The summed E-state index contributed by atoms with van der Waals surface area (Å²) in [7, 11) is 0. The Bertz CT molecular complexity index is 300. The average Bonchev–Trinajstić information content (AvgIpc) is 2.14. The van der Waals surface area contributed by atoms with Crippen molar-refractivity contribution in [3.8, 4) is 0 Å². The Morgan fingerprint density at radius 2 is 2.23 bits per heavy atom. The van der Waals surface area contributed by atoms with E-state index in [0.29, 0.717) is 5.88 Å². The molecule has 1 heteroatoms. The fourth-order valence-corrected chi connectivity index (χ4v) is 1.39. The third kappa shape index (κ3) is 3.23. The molecule has 0 spiro atoms. The van der Waals surface area contributed by atoms with Crippen LogP contribution in [0, 0.1) is 6.92 Å². The first kappa shape index (κ1) is 10.3. The van der Waals surface area contributed by atoms with Gasteiger partial charge in [-0.25, -0.2) is 0 Å². The van der Waals surface area contributed by atoms with Crippen molar-refractivity contribution in [2.75, 3.05) is 5.88 Å². The molecule has 0 fully saturated rings. The highest BCUT2D eigenvalue weighted by Gasteiger charge is 1.94. The molecule has 0 unspecified atom stereocenters. The quantitative estimate of drug-likeness (QED) is 0.638. The summed E-state index contributed by atoms with van der Waals surface area (Å²) in [4.78, 5) is 0. The molecule has 0 heterocycles. The highest BCUT2D eigenvalue weighted by Crippen LogP contribution is 2.15. The second kappa shape index (κ2) is 5.08. The van der Waals surface area contributed by atoms with Gasteiger partial charge in [0.1, 0.15) is 0 Å². The summed E-state index contributed by atoms with van der Waals surface area (Å²) in [5.41, 5.74) is 3.91. The number of halogens is 1. The summed E-state index contributed by atoms with van der Waals surface area (Å²) in [6.07, 6.45) is 3.13. The molecular formula is C12H15Cl. The van der Waals surface area contributed by atoms with Gasteiger partial charge in [-0.15, -0.1) is 11.6 Å². The topological polar surface area (TPSA) is 0 Å². The van der Waals surface area contributed by atoms with Gasteiger partial charge in [-0.3, -0.25) is 0 Å². The van der Waals surface area contributed by atoms with Crippen molar-refractivity contribution in [1.29, 1.82) is 0 Å². The molecule has 0 amide bonds. The molecule has 1 aromatic rings. The first-order valence-electron chi connectivity index (χ1n) is 4.54. The Kier molecular flexibility index (Phi) is 4.04. The van der Waals surface area contributed by atoms with Crippen LogP contribution < -0.4 is 0 Å². The smallest absolute Gasteiger partial charge is 0.0258 e. The molecule has 0 atom stereocenters. The van der Waals surface area contributed by atoms with Gasteiger partial charge in [-0.05, 0) is 31.4 Å². The van der Waals surface area contributed by atoms with Crippen molar-refractivity contribution in [3.63, 3.8) is 0 Å². The van der Waals surface area contributed by atoms with Crippen molar-refractivity contribution in [3.05, 3.63) is 41.5 Å². The molecule has 0 aromatic heterocycles. The Balaban J connectivity index is 2.82. The molecule has 0 saturated carbocycles. The summed E-state index contributed by atoms with van der Waals surface area (Å²) >= 11 is 5.62. The summed E-state index contributed by atoms with van der Waals surface area (Å²) in [5.74, 6) is 0.698. The van der Waals surface area contributed by atoms with Crippen molar-refractivity contribution in [2.24, 2.45) is 0 Å². The van der Waals surface area contributed by atoms with E-state index in [4.69, 9.17) is 11.6 Å². The zero-order valence-electron chi connectivity index (χ0n) is 8.18. The third-order valence-electron chi connectivity index (χ3n) is 2.03. The van der Waals surface area contributed by atoms with Gasteiger partial charge in [0.2, 0.25) is 0 Å². The molecule has 0 nitrogen and oxygen atoms in total. The molecule has 13 heavy (non-hydrogen) atoms. The van der Waals surface area contributed by atoms with Gasteiger partial charge in [0.15, 0.2) is 0 Å². The lowest BCUT2D eigenvalue weighted by atomic mass is 10.0. The van der Waals surface area contributed by atoms with Crippen LogP contribution >= 0.6 is 11.6 Å². The van der Waals surface area contributed by atoms with Crippen LogP contribution in [0.1, 0.15) is 24.5 Å². The molecular weight excluding hydrogens is 180 g/mol.